The Bertz CT molecular complexity index is 1050. The number of rotatable bonds is 3. The molecule has 0 N–H and O–H groups in total. The Balaban J connectivity index is 1.49. The van der Waals surface area contributed by atoms with Crippen molar-refractivity contribution >= 4 is 39.2 Å². The predicted octanol–water partition coefficient (Wildman–Crippen LogP) is 2.98. The number of hydrogen-bond donors (Lipinski definition) is 0. The average molecular weight is 386 g/mol. The van der Waals surface area contributed by atoms with Crippen molar-refractivity contribution < 1.29 is 4.79 Å². The number of thiophene rings is 1. The van der Waals surface area contributed by atoms with E-state index < -0.39 is 0 Å². The number of amides is 1. The molecule has 2 aromatic heterocycles. The lowest BCUT2D eigenvalue weighted by Crippen LogP contribution is -2.37. The molecule has 0 bridgehead atoms. The van der Waals surface area contributed by atoms with Gasteiger partial charge in [0.15, 0.2) is 5.16 Å². The Morgan fingerprint density at radius 2 is 2.08 bits per heavy atom. The Labute approximate surface area is 159 Å². The maximum absolute atomic E-state index is 12.6. The molecule has 0 atom stereocenters. The maximum atomic E-state index is 12.6. The minimum absolute atomic E-state index is 0.0544. The molecule has 0 saturated heterocycles. The molecule has 3 heterocycles. The van der Waals surface area contributed by atoms with Crippen molar-refractivity contribution in [2.45, 2.75) is 25.0 Å². The molecule has 1 aliphatic heterocycles. The summed E-state index contributed by atoms with van der Waals surface area (Å²) in [6.45, 7) is 3.37. The molecule has 0 unspecified atom stereocenters. The molecule has 0 saturated carbocycles. The van der Waals surface area contributed by atoms with Crippen LogP contribution in [0.25, 0.3) is 10.2 Å². The predicted molar refractivity (Wildman–Crippen MR) is 106 cm³/mol. The molecule has 134 valence electrons. The lowest BCUT2D eigenvalue weighted by molar-refractivity contribution is -0.129. The number of fused-ring (bicyclic) bond motifs is 2. The van der Waals surface area contributed by atoms with Crippen LogP contribution in [0.15, 0.2) is 40.3 Å². The van der Waals surface area contributed by atoms with Crippen LogP contribution in [0, 0.1) is 6.92 Å². The SMILES string of the molecule is Cc1cc2c(=O)n(C)c(SCC(=O)N3CCc4ccccc4C3)nc2s1. The van der Waals surface area contributed by atoms with E-state index >= 15 is 0 Å². The van der Waals surface area contributed by atoms with Crippen molar-refractivity contribution in [1.82, 2.24) is 14.5 Å². The van der Waals surface area contributed by atoms with Gasteiger partial charge < -0.3 is 4.90 Å². The van der Waals surface area contributed by atoms with E-state index in [2.05, 4.69) is 17.1 Å². The van der Waals surface area contributed by atoms with Crippen LogP contribution in [-0.2, 0) is 24.8 Å². The van der Waals surface area contributed by atoms with E-state index in [0.29, 0.717) is 17.1 Å². The Morgan fingerprint density at radius 3 is 2.88 bits per heavy atom. The monoisotopic (exact) mass is 385 g/mol. The fraction of sp³-hybridized carbons (Fsp3) is 0.316. The van der Waals surface area contributed by atoms with Gasteiger partial charge >= 0.3 is 0 Å². The molecular formula is C19H19N3O2S2. The third kappa shape index (κ3) is 3.17. The van der Waals surface area contributed by atoms with Gasteiger partial charge in [0.05, 0.1) is 11.1 Å². The van der Waals surface area contributed by atoms with E-state index in [1.165, 1.54) is 38.8 Å². The van der Waals surface area contributed by atoms with Gasteiger partial charge in [0, 0.05) is 25.0 Å². The highest BCUT2D eigenvalue weighted by atomic mass is 32.2. The topological polar surface area (TPSA) is 55.2 Å². The van der Waals surface area contributed by atoms with Crippen molar-refractivity contribution in [1.29, 1.82) is 0 Å². The van der Waals surface area contributed by atoms with E-state index in [1.807, 2.05) is 30.0 Å². The van der Waals surface area contributed by atoms with E-state index in [9.17, 15) is 9.59 Å². The summed E-state index contributed by atoms with van der Waals surface area (Å²) in [5.41, 5.74) is 2.49. The highest BCUT2D eigenvalue weighted by molar-refractivity contribution is 7.99. The summed E-state index contributed by atoms with van der Waals surface area (Å²) < 4.78 is 1.54. The van der Waals surface area contributed by atoms with Gasteiger partial charge in [0.25, 0.3) is 5.56 Å². The standard InChI is InChI=1S/C19H19N3O2S2/c1-12-9-15-17(26-12)20-19(21(2)18(15)24)25-11-16(23)22-8-7-13-5-3-4-6-14(13)10-22/h3-6,9H,7-8,10-11H2,1-2H3. The smallest absolute Gasteiger partial charge is 0.262 e. The summed E-state index contributed by atoms with van der Waals surface area (Å²) in [6, 6.07) is 10.1. The Hall–Kier alpha value is -2.12. The molecule has 0 fully saturated rings. The van der Waals surface area contributed by atoms with Crippen LogP contribution in [0.1, 0.15) is 16.0 Å². The summed E-state index contributed by atoms with van der Waals surface area (Å²) in [7, 11) is 1.71. The van der Waals surface area contributed by atoms with Gasteiger partial charge in [0.2, 0.25) is 5.91 Å². The quantitative estimate of drug-likeness (QED) is 0.514. The second-order valence-corrected chi connectivity index (χ2v) is 8.63. The molecule has 7 heteroatoms. The van der Waals surface area contributed by atoms with E-state index in [1.54, 1.807) is 7.05 Å². The zero-order valence-electron chi connectivity index (χ0n) is 14.7. The summed E-state index contributed by atoms with van der Waals surface area (Å²) in [5, 5.41) is 1.24. The van der Waals surface area contributed by atoms with Gasteiger partial charge in [-0.1, -0.05) is 36.0 Å². The normalized spacial score (nSPS) is 13.8. The number of aromatic nitrogens is 2. The summed E-state index contributed by atoms with van der Waals surface area (Å²) in [5.74, 6) is 0.374. The lowest BCUT2D eigenvalue weighted by atomic mass is 10.00. The van der Waals surface area contributed by atoms with Crippen molar-refractivity contribution in [2.24, 2.45) is 7.05 Å². The summed E-state index contributed by atoms with van der Waals surface area (Å²) in [4.78, 5) is 33.4. The first kappa shape index (κ1) is 17.3. The van der Waals surface area contributed by atoms with Crippen LogP contribution in [0.5, 0.6) is 0 Å². The molecule has 1 aromatic carbocycles. The van der Waals surface area contributed by atoms with Crippen LogP contribution in [0.3, 0.4) is 0 Å². The average Bonchev–Trinajstić information content (AvgIpc) is 3.03. The first-order valence-corrected chi connectivity index (χ1v) is 10.3. The molecule has 26 heavy (non-hydrogen) atoms. The van der Waals surface area contributed by atoms with Gasteiger partial charge in [-0.05, 0) is 30.5 Å². The fourth-order valence-corrected chi connectivity index (χ4v) is 5.02. The molecule has 3 aromatic rings. The number of carbonyl (C=O) groups excluding carboxylic acids is 1. The summed E-state index contributed by atoms with van der Waals surface area (Å²) in [6.07, 6.45) is 0.893. The highest BCUT2D eigenvalue weighted by Crippen LogP contribution is 2.25. The van der Waals surface area contributed by atoms with Crippen LogP contribution >= 0.6 is 23.1 Å². The molecule has 0 spiro atoms. The minimum Gasteiger partial charge on any atom is -0.337 e. The first-order valence-electron chi connectivity index (χ1n) is 8.47. The van der Waals surface area contributed by atoms with Crippen molar-refractivity contribution in [3.63, 3.8) is 0 Å². The van der Waals surface area contributed by atoms with E-state index in [-0.39, 0.29) is 17.2 Å². The fourth-order valence-electron chi connectivity index (χ4n) is 3.22. The number of thioether (sulfide) groups is 1. The van der Waals surface area contributed by atoms with Gasteiger partial charge in [-0.3, -0.25) is 14.2 Å². The Morgan fingerprint density at radius 1 is 1.31 bits per heavy atom. The number of benzene rings is 1. The van der Waals surface area contributed by atoms with Gasteiger partial charge in [-0.15, -0.1) is 11.3 Å². The molecule has 4 rings (SSSR count). The zero-order chi connectivity index (χ0) is 18.3. The molecule has 0 aliphatic carbocycles. The molecule has 1 aliphatic rings. The summed E-state index contributed by atoms with van der Waals surface area (Å²) >= 11 is 2.85. The lowest BCUT2D eigenvalue weighted by Gasteiger charge is -2.28. The van der Waals surface area contributed by atoms with Crippen molar-refractivity contribution in [2.75, 3.05) is 12.3 Å². The van der Waals surface area contributed by atoms with Crippen molar-refractivity contribution in [3.05, 3.63) is 56.7 Å². The number of carbonyl (C=O) groups is 1. The molecule has 1 amide bonds. The van der Waals surface area contributed by atoms with E-state index in [4.69, 9.17) is 0 Å². The maximum Gasteiger partial charge on any atom is 0.262 e. The van der Waals surface area contributed by atoms with Crippen LogP contribution in [-0.4, -0.2) is 32.7 Å². The molecule has 5 nitrogen and oxygen atoms in total. The van der Waals surface area contributed by atoms with Gasteiger partial charge in [0.1, 0.15) is 4.83 Å². The number of nitrogens with zero attached hydrogens (tertiary/aromatic N) is 3. The zero-order valence-corrected chi connectivity index (χ0v) is 16.3. The largest absolute Gasteiger partial charge is 0.337 e. The van der Waals surface area contributed by atoms with Gasteiger partial charge in [-0.25, -0.2) is 4.98 Å². The Kier molecular flexibility index (Phi) is 4.58. The highest BCUT2D eigenvalue weighted by Gasteiger charge is 2.21. The minimum atomic E-state index is -0.0544. The third-order valence-corrected chi connectivity index (χ3v) is 6.62. The third-order valence-electron chi connectivity index (χ3n) is 4.66. The molecular weight excluding hydrogens is 366 g/mol. The number of aryl methyl sites for hydroxylation is 1. The van der Waals surface area contributed by atoms with Crippen molar-refractivity contribution in [3.8, 4) is 0 Å². The first-order chi connectivity index (χ1) is 12.5. The van der Waals surface area contributed by atoms with Crippen LogP contribution < -0.4 is 5.56 Å². The van der Waals surface area contributed by atoms with Crippen LogP contribution in [0.2, 0.25) is 0 Å². The molecule has 0 radical (unpaired) electrons. The number of hydrogen-bond acceptors (Lipinski definition) is 5. The van der Waals surface area contributed by atoms with Gasteiger partial charge in [-0.2, -0.15) is 0 Å². The van der Waals surface area contributed by atoms with E-state index in [0.717, 1.165) is 22.7 Å². The second kappa shape index (κ2) is 6.89. The van der Waals surface area contributed by atoms with Crippen LogP contribution in [0.4, 0.5) is 0 Å². The second-order valence-electron chi connectivity index (χ2n) is 6.46.